The Labute approximate surface area is 376 Å². The molecule has 2 aliphatic carbocycles. The molecule has 3 aromatic rings. The molecule has 5 fully saturated rings. The molecule has 18 heteroatoms. The molecule has 1 spiro atoms. The number of hydrogen-bond donors (Lipinski definition) is 4. The number of anilines is 5. The van der Waals surface area contributed by atoms with E-state index in [1.54, 1.807) is 41.2 Å². The third kappa shape index (κ3) is 8.22. The summed E-state index contributed by atoms with van der Waals surface area (Å²) in [5.41, 5.74) is 0.627. The van der Waals surface area contributed by atoms with Crippen LogP contribution in [0, 0.1) is 23.0 Å². The number of likely N-dealkylation sites (N-methyl/N-ethyl adjacent to an activating group) is 1. The Morgan fingerprint density at radius 2 is 1.78 bits per heavy atom. The number of fused-ring (bicyclic) bond motifs is 1. The van der Waals surface area contributed by atoms with E-state index in [1.807, 2.05) is 11.8 Å². The van der Waals surface area contributed by atoms with Gasteiger partial charge in [0.1, 0.15) is 29.1 Å². The summed E-state index contributed by atoms with van der Waals surface area (Å²) >= 11 is 0. The molecular formula is C47H57F2N9O7. The maximum Gasteiger partial charge on any atom is 0.251 e. The molecule has 0 bridgehead atoms. The van der Waals surface area contributed by atoms with Gasteiger partial charge in [0.15, 0.2) is 5.82 Å². The standard InChI is InChI=1S/C47H57F2N9O7/c1-4-35-44(64)55(2)36-22-50-45(53-40(36)58(35)29-7-5-6-8-29)51-34-11-9-27(19-37(34)65-3)41(61)54-47(16-18-59)15-14-46(24-47)25-57(26-46)43(63)28-13-17-56(23-28)30-20-32(48)39(33(49)21-30)31-10-12-38(60)52-42(31)62/h9,11,19-22,28-29,31,35,59H,4-8,10,12-18,23-26H2,1-3H3,(H,54,61)(H,50,51,53)(H,52,60,62)/t28-,31?,35-,47?/m1/s1. The Hall–Kier alpha value is -5.91. The fourth-order valence-electron chi connectivity index (χ4n) is 11.5. The first-order valence-electron chi connectivity index (χ1n) is 22.9. The molecule has 4 aliphatic heterocycles. The van der Waals surface area contributed by atoms with Gasteiger partial charge < -0.3 is 40.1 Å². The Bertz CT molecular complexity index is 2390. The first-order chi connectivity index (χ1) is 31.2. The normalized spacial score (nSPS) is 25.2. The summed E-state index contributed by atoms with van der Waals surface area (Å²) in [6.45, 7) is 3.64. The van der Waals surface area contributed by atoms with Crippen molar-refractivity contribution in [2.75, 3.05) is 67.0 Å². The minimum absolute atomic E-state index is 0.00311. The molecular weight excluding hydrogens is 841 g/mol. The summed E-state index contributed by atoms with van der Waals surface area (Å²) < 4.78 is 36.4. The third-order valence-corrected chi connectivity index (χ3v) is 14.9. The van der Waals surface area contributed by atoms with E-state index in [4.69, 9.17) is 9.72 Å². The number of piperidine rings is 1. The van der Waals surface area contributed by atoms with Gasteiger partial charge >= 0.3 is 0 Å². The summed E-state index contributed by atoms with van der Waals surface area (Å²) in [4.78, 5) is 81.9. The largest absolute Gasteiger partial charge is 0.495 e. The van der Waals surface area contributed by atoms with Crippen LogP contribution in [0.25, 0.3) is 0 Å². The number of aromatic nitrogens is 2. The molecule has 6 aliphatic rings. The van der Waals surface area contributed by atoms with Crippen molar-refractivity contribution >= 4 is 58.4 Å². The number of nitrogens with zero attached hydrogens (tertiary/aromatic N) is 6. The molecule has 3 saturated heterocycles. The number of carbonyl (C=O) groups is 5. The van der Waals surface area contributed by atoms with Crippen molar-refractivity contribution in [3.63, 3.8) is 0 Å². The average Bonchev–Trinajstić information content (AvgIpc) is 4.07. The topological polar surface area (TPSA) is 190 Å². The minimum atomic E-state index is -1.09. The molecule has 0 radical (unpaired) electrons. The quantitative estimate of drug-likeness (QED) is 0.180. The highest BCUT2D eigenvalue weighted by Gasteiger charge is 2.56. The minimum Gasteiger partial charge on any atom is -0.495 e. The number of hydrogen-bond acceptors (Lipinski definition) is 12. The molecule has 16 nitrogen and oxygen atoms in total. The number of rotatable bonds is 12. The van der Waals surface area contributed by atoms with E-state index in [0.717, 1.165) is 32.1 Å². The second-order valence-corrected chi connectivity index (χ2v) is 18.9. The maximum atomic E-state index is 15.3. The summed E-state index contributed by atoms with van der Waals surface area (Å²) in [7, 11) is 3.28. The Kier molecular flexibility index (Phi) is 11.9. The zero-order chi connectivity index (χ0) is 45.8. The number of benzene rings is 2. The first kappa shape index (κ1) is 44.3. The number of aliphatic hydroxyl groups excluding tert-OH is 1. The van der Waals surface area contributed by atoms with Crippen LogP contribution >= 0.6 is 0 Å². The van der Waals surface area contributed by atoms with Crippen molar-refractivity contribution in [1.29, 1.82) is 0 Å². The highest BCUT2D eigenvalue weighted by molar-refractivity contribution is 6.04. The zero-order valence-electron chi connectivity index (χ0n) is 37.1. The third-order valence-electron chi connectivity index (χ3n) is 14.9. The number of halogens is 2. The molecule has 2 saturated carbocycles. The molecule has 4 atom stereocenters. The molecule has 1 aromatic heterocycles. The number of carbonyl (C=O) groups excluding carboxylic acids is 5. The number of imide groups is 1. The molecule has 5 amide bonds. The number of ether oxygens (including phenoxy) is 1. The van der Waals surface area contributed by atoms with E-state index >= 15 is 8.78 Å². The molecule has 5 heterocycles. The lowest BCUT2D eigenvalue weighted by molar-refractivity contribution is -0.147. The summed E-state index contributed by atoms with van der Waals surface area (Å²) in [5.74, 6) is -3.20. The van der Waals surface area contributed by atoms with Gasteiger partial charge in [0, 0.05) is 80.1 Å². The van der Waals surface area contributed by atoms with Crippen molar-refractivity contribution in [1.82, 2.24) is 25.5 Å². The van der Waals surface area contributed by atoms with Crippen molar-refractivity contribution in [3.05, 3.63) is 59.3 Å². The molecule has 2 unspecified atom stereocenters. The highest BCUT2D eigenvalue weighted by Crippen LogP contribution is 2.52. The van der Waals surface area contributed by atoms with Crippen LogP contribution in [0.1, 0.15) is 106 Å². The fraction of sp³-hybridized carbons (Fsp3) is 0.553. The monoisotopic (exact) mass is 897 g/mol. The second-order valence-electron chi connectivity index (χ2n) is 18.9. The summed E-state index contributed by atoms with van der Waals surface area (Å²) in [5, 5.41) is 18.9. The number of nitrogens with one attached hydrogen (secondary N) is 3. The van der Waals surface area contributed by atoms with Crippen molar-refractivity contribution < 1.29 is 42.6 Å². The predicted octanol–water partition coefficient (Wildman–Crippen LogP) is 4.92. The highest BCUT2D eigenvalue weighted by atomic mass is 19.1. The van der Waals surface area contributed by atoms with E-state index in [1.165, 1.54) is 19.2 Å². The predicted molar refractivity (Wildman–Crippen MR) is 237 cm³/mol. The van der Waals surface area contributed by atoms with Gasteiger partial charge in [-0.15, -0.1) is 0 Å². The number of likely N-dealkylation sites (tertiary alicyclic amines) is 1. The summed E-state index contributed by atoms with van der Waals surface area (Å²) in [6, 6.07) is 7.41. The van der Waals surface area contributed by atoms with Crippen LogP contribution in [0.2, 0.25) is 0 Å². The number of amides is 5. The Morgan fingerprint density at radius 1 is 1.03 bits per heavy atom. The van der Waals surface area contributed by atoms with E-state index in [2.05, 4.69) is 25.8 Å². The lowest BCUT2D eigenvalue weighted by Crippen LogP contribution is -2.60. The van der Waals surface area contributed by atoms with Crippen molar-refractivity contribution in [3.8, 4) is 5.75 Å². The van der Waals surface area contributed by atoms with Crippen LogP contribution in [0.5, 0.6) is 5.75 Å². The smallest absolute Gasteiger partial charge is 0.251 e. The molecule has 65 heavy (non-hydrogen) atoms. The first-order valence-corrected chi connectivity index (χ1v) is 22.9. The van der Waals surface area contributed by atoms with E-state index in [-0.39, 0.29) is 66.2 Å². The molecule has 9 rings (SSSR count). The van der Waals surface area contributed by atoms with Gasteiger partial charge in [-0.1, -0.05) is 19.8 Å². The van der Waals surface area contributed by atoms with Gasteiger partial charge in [0.25, 0.3) is 5.91 Å². The molecule has 2 aromatic carbocycles. The molecule has 4 N–H and O–H groups in total. The molecule has 346 valence electrons. The van der Waals surface area contributed by atoms with E-state index in [9.17, 15) is 29.1 Å². The van der Waals surface area contributed by atoms with Crippen LogP contribution in [0.3, 0.4) is 0 Å². The Balaban J connectivity index is 0.824. The average molecular weight is 898 g/mol. The Morgan fingerprint density at radius 3 is 2.48 bits per heavy atom. The van der Waals surface area contributed by atoms with Gasteiger partial charge in [0.2, 0.25) is 29.6 Å². The van der Waals surface area contributed by atoms with Crippen LogP contribution in [-0.2, 0) is 19.2 Å². The SMILES string of the molecule is CC[C@@H]1C(=O)N(C)c2cnc(Nc3ccc(C(=O)NC4(CCO)CCC5(CN(C(=O)[C@@H]6CCN(c7cc(F)c(C8CCC(=O)NC8=O)c(F)c7)C6)C5)C4)cc3OC)nc2N1C1CCCC1. The van der Waals surface area contributed by atoms with Crippen LogP contribution in [-0.4, -0.2) is 114 Å². The zero-order valence-corrected chi connectivity index (χ0v) is 37.1. The fourth-order valence-corrected chi connectivity index (χ4v) is 11.5. The number of methoxy groups -OCH3 is 1. The van der Waals surface area contributed by atoms with Gasteiger partial charge in [0.05, 0.1) is 30.8 Å². The van der Waals surface area contributed by atoms with Crippen LogP contribution in [0.15, 0.2) is 36.5 Å². The van der Waals surface area contributed by atoms with Crippen LogP contribution in [0.4, 0.5) is 37.6 Å². The lowest BCUT2D eigenvalue weighted by Gasteiger charge is -2.50. The summed E-state index contributed by atoms with van der Waals surface area (Å²) in [6.07, 6.45) is 9.44. The lowest BCUT2D eigenvalue weighted by atomic mass is 9.75. The van der Waals surface area contributed by atoms with Gasteiger partial charge in [-0.25, -0.2) is 13.8 Å². The van der Waals surface area contributed by atoms with Crippen LogP contribution < -0.4 is 35.4 Å². The maximum absolute atomic E-state index is 15.3. The number of aliphatic hydroxyl groups is 1. The van der Waals surface area contributed by atoms with Crippen molar-refractivity contribution in [2.45, 2.75) is 108 Å². The van der Waals surface area contributed by atoms with E-state index < -0.39 is 34.9 Å². The van der Waals surface area contributed by atoms with E-state index in [0.29, 0.717) is 98.4 Å². The van der Waals surface area contributed by atoms with Crippen molar-refractivity contribution in [2.24, 2.45) is 11.3 Å². The van der Waals surface area contributed by atoms with Gasteiger partial charge in [-0.2, -0.15) is 4.98 Å². The van der Waals surface area contributed by atoms with Gasteiger partial charge in [-0.05, 0) is 88.1 Å². The van der Waals surface area contributed by atoms with Gasteiger partial charge in [-0.3, -0.25) is 29.3 Å². The second kappa shape index (κ2) is 17.5.